The number of hydrogen-bond acceptors (Lipinski definition) is 2. The van der Waals surface area contributed by atoms with Crippen LogP contribution in [-0.2, 0) is 0 Å². The smallest absolute Gasteiger partial charge is 0.00135 e. The quantitative estimate of drug-likeness (QED) is 0.595. The molecule has 0 heterocycles. The summed E-state index contributed by atoms with van der Waals surface area (Å²) in [5.41, 5.74) is 12.0. The van der Waals surface area contributed by atoms with Crippen LogP contribution in [0.1, 0.15) is 26.7 Å². The van der Waals surface area contributed by atoms with Crippen molar-refractivity contribution in [2.24, 2.45) is 11.5 Å². The molecule has 0 aliphatic heterocycles. The van der Waals surface area contributed by atoms with Gasteiger partial charge in [0.2, 0.25) is 0 Å². The van der Waals surface area contributed by atoms with E-state index in [4.69, 9.17) is 11.5 Å². The Labute approximate surface area is 56.9 Å². The zero-order valence-corrected chi connectivity index (χ0v) is 6.22. The highest BCUT2D eigenvalue weighted by atomic mass is 14.6. The van der Waals surface area contributed by atoms with Crippen molar-refractivity contribution >= 4 is 0 Å². The van der Waals surface area contributed by atoms with Gasteiger partial charge in [0.15, 0.2) is 0 Å². The molecule has 0 aromatic rings. The molecule has 54 valence electrons. The third kappa shape index (κ3) is 5.37. The molecule has 0 amide bonds. The zero-order chi connectivity index (χ0) is 7.28. The molecule has 0 fully saturated rings. The van der Waals surface area contributed by atoms with E-state index in [1.165, 1.54) is 5.57 Å². The largest absolute Gasteiger partial charge is 0.405 e. The van der Waals surface area contributed by atoms with E-state index < -0.39 is 0 Å². The minimum atomic E-state index is 0.292. The predicted octanol–water partition coefficient (Wildman–Crippen LogP) is 0.976. The van der Waals surface area contributed by atoms with Crippen LogP contribution in [0.5, 0.6) is 0 Å². The van der Waals surface area contributed by atoms with Gasteiger partial charge in [0.25, 0.3) is 0 Å². The van der Waals surface area contributed by atoms with E-state index in [0.717, 1.165) is 12.8 Å². The number of hydrogen-bond donors (Lipinski definition) is 2. The first kappa shape index (κ1) is 8.50. The molecule has 1 atom stereocenters. The molecule has 9 heavy (non-hydrogen) atoms. The van der Waals surface area contributed by atoms with Gasteiger partial charge < -0.3 is 11.5 Å². The lowest BCUT2D eigenvalue weighted by atomic mass is 10.1. The molecule has 0 rings (SSSR count). The summed E-state index contributed by atoms with van der Waals surface area (Å²) >= 11 is 0. The summed E-state index contributed by atoms with van der Waals surface area (Å²) < 4.78 is 0. The summed E-state index contributed by atoms with van der Waals surface area (Å²) in [5.74, 6) is 0. The van der Waals surface area contributed by atoms with Crippen molar-refractivity contribution in [1.82, 2.24) is 0 Å². The molecule has 0 aliphatic rings. The van der Waals surface area contributed by atoms with Crippen LogP contribution in [0.2, 0.25) is 0 Å². The average molecular weight is 128 g/mol. The van der Waals surface area contributed by atoms with Crippen molar-refractivity contribution in [3.8, 4) is 0 Å². The Morgan fingerprint density at radius 3 is 2.56 bits per heavy atom. The Balaban J connectivity index is 3.28. The normalized spacial score (nSPS) is 15.7. The van der Waals surface area contributed by atoms with Crippen molar-refractivity contribution in [3.63, 3.8) is 0 Å². The molecule has 4 N–H and O–H groups in total. The van der Waals surface area contributed by atoms with Gasteiger partial charge in [-0.2, -0.15) is 0 Å². The highest BCUT2D eigenvalue weighted by Gasteiger charge is 1.93. The van der Waals surface area contributed by atoms with Crippen LogP contribution in [0.15, 0.2) is 11.8 Å². The van der Waals surface area contributed by atoms with E-state index in [-0.39, 0.29) is 0 Å². The fraction of sp³-hybridized carbons (Fsp3) is 0.714. The van der Waals surface area contributed by atoms with Gasteiger partial charge in [-0.3, -0.25) is 0 Å². The van der Waals surface area contributed by atoms with Crippen molar-refractivity contribution in [2.75, 3.05) is 0 Å². The first-order chi connectivity index (χ1) is 4.16. The fourth-order valence-electron chi connectivity index (χ4n) is 0.539. The predicted molar refractivity (Wildman–Crippen MR) is 40.8 cm³/mol. The highest BCUT2D eigenvalue weighted by Crippen LogP contribution is 2.02. The van der Waals surface area contributed by atoms with Crippen LogP contribution in [0.3, 0.4) is 0 Å². The van der Waals surface area contributed by atoms with Gasteiger partial charge in [-0.15, -0.1) is 0 Å². The summed E-state index contributed by atoms with van der Waals surface area (Å²) in [6.45, 7) is 4.02. The van der Waals surface area contributed by atoms with Crippen LogP contribution in [0.25, 0.3) is 0 Å². The molecule has 0 saturated heterocycles. The van der Waals surface area contributed by atoms with Crippen LogP contribution >= 0.6 is 0 Å². The Kier molecular flexibility index (Phi) is 4.14. The van der Waals surface area contributed by atoms with Crippen LogP contribution in [-0.4, -0.2) is 6.04 Å². The SMILES string of the molecule is CC(=CN)CCC(C)N. The van der Waals surface area contributed by atoms with E-state index in [2.05, 4.69) is 0 Å². The van der Waals surface area contributed by atoms with Crippen LogP contribution < -0.4 is 11.5 Å². The highest BCUT2D eigenvalue weighted by molar-refractivity contribution is 4.94. The maximum Gasteiger partial charge on any atom is 0.00135 e. The fourth-order valence-corrected chi connectivity index (χ4v) is 0.539. The molecular formula is C7H16N2. The molecule has 1 unspecified atom stereocenters. The van der Waals surface area contributed by atoms with Gasteiger partial charge >= 0.3 is 0 Å². The van der Waals surface area contributed by atoms with Gasteiger partial charge in [-0.25, -0.2) is 0 Å². The Morgan fingerprint density at radius 2 is 2.22 bits per heavy atom. The summed E-state index contributed by atoms with van der Waals surface area (Å²) in [5, 5.41) is 0. The van der Waals surface area contributed by atoms with Crippen molar-refractivity contribution in [3.05, 3.63) is 11.8 Å². The van der Waals surface area contributed by atoms with E-state index >= 15 is 0 Å². The Morgan fingerprint density at radius 1 is 1.67 bits per heavy atom. The lowest BCUT2D eigenvalue weighted by Crippen LogP contribution is -2.14. The summed E-state index contributed by atoms with van der Waals surface area (Å²) in [7, 11) is 0. The first-order valence-corrected chi connectivity index (χ1v) is 3.29. The maximum absolute atomic E-state index is 5.53. The number of allylic oxidation sites excluding steroid dienone is 1. The number of rotatable bonds is 3. The molecule has 2 heteroatoms. The topological polar surface area (TPSA) is 52.0 Å². The molecule has 0 bridgehead atoms. The van der Waals surface area contributed by atoms with E-state index in [1.54, 1.807) is 6.20 Å². The van der Waals surface area contributed by atoms with E-state index in [1.807, 2.05) is 13.8 Å². The van der Waals surface area contributed by atoms with Gasteiger partial charge in [0.05, 0.1) is 0 Å². The third-order valence-corrected chi connectivity index (χ3v) is 1.28. The monoisotopic (exact) mass is 128 g/mol. The van der Waals surface area contributed by atoms with Crippen molar-refractivity contribution < 1.29 is 0 Å². The minimum Gasteiger partial charge on any atom is -0.405 e. The third-order valence-electron chi connectivity index (χ3n) is 1.28. The van der Waals surface area contributed by atoms with Gasteiger partial charge in [-0.1, -0.05) is 5.57 Å². The lowest BCUT2D eigenvalue weighted by Gasteiger charge is -2.02. The molecule has 0 saturated carbocycles. The average Bonchev–Trinajstić information content (AvgIpc) is 1.83. The van der Waals surface area contributed by atoms with Gasteiger partial charge in [0.1, 0.15) is 0 Å². The first-order valence-electron chi connectivity index (χ1n) is 3.29. The second-order valence-corrected chi connectivity index (χ2v) is 2.53. The Hall–Kier alpha value is -0.500. The summed E-state index contributed by atoms with van der Waals surface area (Å²) in [6.07, 6.45) is 3.69. The molecule has 0 aromatic heterocycles. The maximum atomic E-state index is 5.53. The van der Waals surface area contributed by atoms with E-state index in [9.17, 15) is 0 Å². The molecular weight excluding hydrogens is 112 g/mol. The molecule has 0 radical (unpaired) electrons. The zero-order valence-electron chi connectivity index (χ0n) is 6.22. The minimum absolute atomic E-state index is 0.292. The standard InChI is InChI=1S/C7H16N2/c1-6(5-8)3-4-7(2)9/h5,7H,3-4,8-9H2,1-2H3. The van der Waals surface area contributed by atoms with Crippen molar-refractivity contribution in [2.45, 2.75) is 32.7 Å². The van der Waals surface area contributed by atoms with Crippen molar-refractivity contribution in [1.29, 1.82) is 0 Å². The molecule has 2 nitrogen and oxygen atoms in total. The molecule has 0 aromatic carbocycles. The molecule has 0 aliphatic carbocycles. The summed E-state index contributed by atoms with van der Waals surface area (Å²) in [6, 6.07) is 0.292. The van der Waals surface area contributed by atoms with Gasteiger partial charge in [0, 0.05) is 6.04 Å². The van der Waals surface area contributed by atoms with Crippen LogP contribution in [0, 0.1) is 0 Å². The lowest BCUT2D eigenvalue weighted by molar-refractivity contribution is 0.662. The second-order valence-electron chi connectivity index (χ2n) is 2.53. The van der Waals surface area contributed by atoms with Crippen LogP contribution in [0.4, 0.5) is 0 Å². The summed E-state index contributed by atoms with van der Waals surface area (Å²) in [4.78, 5) is 0. The van der Waals surface area contributed by atoms with Gasteiger partial charge in [-0.05, 0) is 32.9 Å². The van der Waals surface area contributed by atoms with E-state index in [0.29, 0.717) is 6.04 Å². The Bertz CT molecular complexity index is 95.1. The molecule has 0 spiro atoms. The number of nitrogens with two attached hydrogens (primary N) is 2. The second kappa shape index (κ2) is 4.39.